The fraction of sp³-hybridized carbons (Fsp3) is 0.500. The maximum absolute atomic E-state index is 11.9. The van der Waals surface area contributed by atoms with E-state index in [4.69, 9.17) is 9.47 Å². The van der Waals surface area contributed by atoms with Gasteiger partial charge in [-0.1, -0.05) is 12.1 Å². The van der Waals surface area contributed by atoms with Crippen molar-refractivity contribution in [3.05, 3.63) is 29.8 Å². The Morgan fingerprint density at radius 2 is 1.68 bits per heavy atom. The Bertz CT molecular complexity index is 518. The van der Waals surface area contributed by atoms with E-state index in [1.807, 2.05) is 31.1 Å². The van der Waals surface area contributed by atoms with Crippen LogP contribution in [0.2, 0.25) is 0 Å². The molecule has 122 valence electrons. The zero-order valence-electron chi connectivity index (χ0n) is 14.0. The lowest BCUT2D eigenvalue weighted by atomic mass is 10.1. The molecule has 0 aliphatic rings. The number of methoxy groups -OCH3 is 1. The van der Waals surface area contributed by atoms with Crippen molar-refractivity contribution in [2.75, 3.05) is 26.1 Å². The molecule has 0 aliphatic carbocycles. The second-order valence-electron chi connectivity index (χ2n) is 6.09. The third-order valence-corrected chi connectivity index (χ3v) is 2.84. The number of alkyl carbamates (subject to hydrolysis) is 1. The molecule has 0 unspecified atom stereocenters. The van der Waals surface area contributed by atoms with Gasteiger partial charge in [0, 0.05) is 19.8 Å². The molecule has 1 N–H and O–H groups in total. The van der Waals surface area contributed by atoms with Crippen molar-refractivity contribution in [3.8, 4) is 0 Å². The minimum atomic E-state index is -0.906. The Morgan fingerprint density at radius 3 is 2.09 bits per heavy atom. The molecule has 6 heteroatoms. The number of carbonyl (C=O) groups excluding carboxylic acids is 2. The van der Waals surface area contributed by atoms with Gasteiger partial charge in [-0.15, -0.1) is 0 Å². The molecule has 0 heterocycles. The predicted octanol–water partition coefficient (Wildman–Crippen LogP) is 2.49. The Balaban J connectivity index is 2.93. The lowest BCUT2D eigenvalue weighted by Gasteiger charge is -2.23. The summed E-state index contributed by atoms with van der Waals surface area (Å²) in [5.41, 5.74) is 0.979. The number of ether oxygens (including phenoxy) is 2. The fourth-order valence-corrected chi connectivity index (χ4v) is 1.79. The number of hydrogen-bond donors (Lipinski definition) is 1. The highest BCUT2D eigenvalue weighted by Gasteiger charge is 2.26. The van der Waals surface area contributed by atoms with Gasteiger partial charge in [-0.2, -0.15) is 0 Å². The highest BCUT2D eigenvalue weighted by Crippen LogP contribution is 2.20. The number of carbonyl (C=O) groups is 2. The Hall–Kier alpha value is -2.24. The van der Waals surface area contributed by atoms with E-state index in [2.05, 4.69) is 5.32 Å². The number of nitrogens with one attached hydrogen (secondary N) is 1. The third-order valence-electron chi connectivity index (χ3n) is 2.84. The zero-order valence-corrected chi connectivity index (χ0v) is 14.0. The van der Waals surface area contributed by atoms with E-state index >= 15 is 0 Å². The lowest BCUT2D eigenvalue weighted by molar-refractivity contribution is -0.143. The van der Waals surface area contributed by atoms with Crippen molar-refractivity contribution in [3.63, 3.8) is 0 Å². The summed E-state index contributed by atoms with van der Waals surface area (Å²) in [6, 6.07) is 6.36. The second kappa shape index (κ2) is 7.15. The largest absolute Gasteiger partial charge is 0.467 e. The molecule has 22 heavy (non-hydrogen) atoms. The minimum Gasteiger partial charge on any atom is -0.467 e. The van der Waals surface area contributed by atoms with E-state index in [0.717, 1.165) is 5.69 Å². The molecular formula is C16H24N2O4. The van der Waals surface area contributed by atoms with Crippen LogP contribution < -0.4 is 10.2 Å². The van der Waals surface area contributed by atoms with E-state index in [0.29, 0.717) is 5.56 Å². The molecule has 1 rings (SSSR count). The molecule has 0 spiro atoms. The average Bonchev–Trinajstić information content (AvgIpc) is 2.42. The van der Waals surface area contributed by atoms with Crippen LogP contribution in [0.15, 0.2) is 24.3 Å². The first-order valence-electron chi connectivity index (χ1n) is 6.98. The van der Waals surface area contributed by atoms with Crippen molar-refractivity contribution < 1.29 is 19.1 Å². The summed E-state index contributed by atoms with van der Waals surface area (Å²) < 4.78 is 9.94. The topological polar surface area (TPSA) is 67.9 Å². The molecule has 1 atom stereocenters. The van der Waals surface area contributed by atoms with Crippen LogP contribution in [0.3, 0.4) is 0 Å². The van der Waals surface area contributed by atoms with Gasteiger partial charge in [0.15, 0.2) is 6.04 Å². The van der Waals surface area contributed by atoms with Crippen molar-refractivity contribution in [2.45, 2.75) is 32.4 Å². The third kappa shape index (κ3) is 5.27. The molecule has 0 saturated heterocycles. The van der Waals surface area contributed by atoms with Crippen molar-refractivity contribution >= 4 is 17.7 Å². The van der Waals surface area contributed by atoms with Crippen LogP contribution in [0.4, 0.5) is 10.5 Å². The fourth-order valence-electron chi connectivity index (χ4n) is 1.79. The highest BCUT2D eigenvalue weighted by molar-refractivity contribution is 5.83. The normalized spacial score (nSPS) is 12.3. The van der Waals surface area contributed by atoms with E-state index in [-0.39, 0.29) is 0 Å². The van der Waals surface area contributed by atoms with E-state index in [1.165, 1.54) is 7.11 Å². The van der Waals surface area contributed by atoms with Crippen LogP contribution in [-0.4, -0.2) is 38.9 Å². The number of anilines is 1. The van der Waals surface area contributed by atoms with Gasteiger partial charge in [0.05, 0.1) is 7.11 Å². The summed E-state index contributed by atoms with van der Waals surface area (Å²) in [4.78, 5) is 25.8. The van der Waals surface area contributed by atoms with E-state index in [9.17, 15) is 9.59 Å². The monoisotopic (exact) mass is 308 g/mol. The first kappa shape index (κ1) is 17.8. The SMILES string of the molecule is COC(=O)[C@@H](NC(=O)OC(C)(C)C)c1ccc(N(C)C)cc1. The van der Waals surface area contributed by atoms with Crippen molar-refractivity contribution in [2.24, 2.45) is 0 Å². The quantitative estimate of drug-likeness (QED) is 0.866. The van der Waals surface area contributed by atoms with Gasteiger partial charge in [0.1, 0.15) is 5.60 Å². The molecule has 0 fully saturated rings. The second-order valence-corrected chi connectivity index (χ2v) is 6.09. The molecular weight excluding hydrogens is 284 g/mol. The van der Waals surface area contributed by atoms with E-state index < -0.39 is 23.7 Å². The molecule has 1 amide bonds. The minimum absolute atomic E-state index is 0.552. The lowest BCUT2D eigenvalue weighted by Crippen LogP contribution is -2.38. The smallest absolute Gasteiger partial charge is 0.408 e. The average molecular weight is 308 g/mol. The summed E-state index contributed by atoms with van der Waals surface area (Å²) in [5, 5.41) is 2.54. The molecule has 1 aromatic carbocycles. The summed E-state index contributed by atoms with van der Waals surface area (Å²) >= 11 is 0. The first-order chi connectivity index (χ1) is 10.1. The molecule has 0 saturated carbocycles. The summed E-state index contributed by atoms with van der Waals surface area (Å²) in [6.07, 6.45) is -0.667. The molecule has 0 aromatic heterocycles. The summed E-state index contributed by atoms with van der Waals surface area (Å²) in [6.45, 7) is 5.27. The molecule has 0 radical (unpaired) electrons. The van der Waals surface area contributed by atoms with Gasteiger partial charge in [-0.25, -0.2) is 9.59 Å². The number of esters is 1. The van der Waals surface area contributed by atoms with Crippen LogP contribution in [0.25, 0.3) is 0 Å². The molecule has 0 bridgehead atoms. The number of amides is 1. The van der Waals surface area contributed by atoms with Gasteiger partial charge >= 0.3 is 12.1 Å². The predicted molar refractivity (Wildman–Crippen MR) is 84.9 cm³/mol. The van der Waals surface area contributed by atoms with Crippen molar-refractivity contribution in [1.29, 1.82) is 0 Å². The van der Waals surface area contributed by atoms with Crippen LogP contribution >= 0.6 is 0 Å². The number of nitrogens with zero attached hydrogens (tertiary/aromatic N) is 1. The molecule has 6 nitrogen and oxygen atoms in total. The Morgan fingerprint density at radius 1 is 1.14 bits per heavy atom. The van der Waals surface area contributed by atoms with Gasteiger partial charge < -0.3 is 19.7 Å². The van der Waals surface area contributed by atoms with Crippen molar-refractivity contribution in [1.82, 2.24) is 5.32 Å². The van der Waals surface area contributed by atoms with E-state index in [1.54, 1.807) is 32.9 Å². The molecule has 1 aromatic rings. The Labute approximate surface area is 131 Å². The first-order valence-corrected chi connectivity index (χ1v) is 6.98. The standard InChI is InChI=1S/C16H24N2O4/c1-16(2,3)22-15(20)17-13(14(19)21-6)11-7-9-12(10-8-11)18(4)5/h7-10,13H,1-6H3,(H,17,20)/t13-/m0/s1. The van der Waals surface area contributed by atoms with Crippen LogP contribution in [0.5, 0.6) is 0 Å². The summed E-state index contributed by atoms with van der Waals surface area (Å²) in [7, 11) is 5.12. The van der Waals surface area contributed by atoms with Gasteiger partial charge in [0.2, 0.25) is 0 Å². The summed E-state index contributed by atoms with van der Waals surface area (Å²) in [5.74, 6) is -0.552. The highest BCUT2D eigenvalue weighted by atomic mass is 16.6. The van der Waals surface area contributed by atoms with Gasteiger partial charge in [-0.3, -0.25) is 0 Å². The number of rotatable bonds is 4. The molecule has 0 aliphatic heterocycles. The van der Waals surface area contributed by atoms with Crippen LogP contribution in [-0.2, 0) is 14.3 Å². The van der Waals surface area contributed by atoms with Gasteiger partial charge in [0.25, 0.3) is 0 Å². The maximum Gasteiger partial charge on any atom is 0.408 e. The number of benzene rings is 1. The van der Waals surface area contributed by atoms with Crippen LogP contribution in [0.1, 0.15) is 32.4 Å². The number of hydrogen-bond acceptors (Lipinski definition) is 5. The zero-order chi connectivity index (χ0) is 16.9. The van der Waals surface area contributed by atoms with Crippen LogP contribution in [0, 0.1) is 0 Å². The maximum atomic E-state index is 11.9. The Kier molecular flexibility index (Phi) is 5.79. The van der Waals surface area contributed by atoms with Gasteiger partial charge in [-0.05, 0) is 38.5 Å².